The van der Waals surface area contributed by atoms with E-state index < -0.39 is 17.5 Å². The second-order valence-electron chi connectivity index (χ2n) is 8.21. The predicted molar refractivity (Wildman–Crippen MR) is 95.2 cm³/mol. The lowest BCUT2D eigenvalue weighted by Crippen LogP contribution is -2.65. The quantitative estimate of drug-likeness (QED) is 0.778. The van der Waals surface area contributed by atoms with Crippen LogP contribution in [0.1, 0.15) is 38.7 Å². The number of amides is 1. The van der Waals surface area contributed by atoms with E-state index in [2.05, 4.69) is 18.7 Å². The Morgan fingerprint density at radius 2 is 1.93 bits per heavy atom. The van der Waals surface area contributed by atoms with Crippen molar-refractivity contribution < 1.29 is 22.7 Å². The van der Waals surface area contributed by atoms with Gasteiger partial charge in [-0.15, -0.1) is 0 Å². The summed E-state index contributed by atoms with van der Waals surface area (Å²) in [6.45, 7) is 6.15. The minimum atomic E-state index is -4.32. The zero-order valence-electron chi connectivity index (χ0n) is 15.6. The Morgan fingerprint density at radius 3 is 2.56 bits per heavy atom. The van der Waals surface area contributed by atoms with Gasteiger partial charge in [-0.2, -0.15) is 13.2 Å². The number of hydrogen-bond donors (Lipinski definition) is 0. The van der Waals surface area contributed by atoms with Crippen LogP contribution in [0.25, 0.3) is 0 Å². The summed E-state index contributed by atoms with van der Waals surface area (Å²) < 4.78 is 44.7. The van der Waals surface area contributed by atoms with Crippen LogP contribution in [0, 0.1) is 11.8 Å². The zero-order chi connectivity index (χ0) is 19.4. The van der Waals surface area contributed by atoms with Crippen molar-refractivity contribution in [3.05, 3.63) is 29.8 Å². The number of piperidine rings is 2. The van der Waals surface area contributed by atoms with Crippen molar-refractivity contribution in [1.82, 2.24) is 4.90 Å². The SMILES string of the molecule is CC(C)C1COC23CCN(c4ccc(C(F)(F)F)cc4)CC2CCC(=O)N13. The Hall–Kier alpha value is -1.76. The fourth-order valence-electron chi connectivity index (χ4n) is 4.88. The first kappa shape index (κ1) is 18.6. The molecule has 4 rings (SSSR count). The van der Waals surface area contributed by atoms with Crippen LogP contribution in [0.15, 0.2) is 24.3 Å². The van der Waals surface area contributed by atoms with E-state index in [-0.39, 0.29) is 17.9 Å². The van der Waals surface area contributed by atoms with Gasteiger partial charge in [-0.25, -0.2) is 0 Å². The topological polar surface area (TPSA) is 32.8 Å². The summed E-state index contributed by atoms with van der Waals surface area (Å²) in [4.78, 5) is 16.8. The van der Waals surface area contributed by atoms with Crippen LogP contribution in [0.3, 0.4) is 0 Å². The van der Waals surface area contributed by atoms with E-state index in [4.69, 9.17) is 4.74 Å². The first-order chi connectivity index (χ1) is 12.7. The molecule has 3 saturated heterocycles. The molecular formula is C20H25F3N2O2. The lowest BCUT2D eigenvalue weighted by molar-refractivity contribution is -0.181. The van der Waals surface area contributed by atoms with E-state index >= 15 is 0 Å². The molecule has 3 atom stereocenters. The predicted octanol–water partition coefficient (Wildman–Crippen LogP) is 3.91. The summed E-state index contributed by atoms with van der Waals surface area (Å²) in [5, 5.41) is 0. The molecule has 1 amide bonds. The second-order valence-corrected chi connectivity index (χ2v) is 8.21. The Balaban J connectivity index is 1.55. The lowest BCUT2D eigenvalue weighted by Gasteiger charge is -2.53. The monoisotopic (exact) mass is 382 g/mol. The number of rotatable bonds is 2. The third kappa shape index (κ3) is 3.00. The van der Waals surface area contributed by atoms with Crippen LogP contribution in [0.2, 0.25) is 0 Å². The zero-order valence-corrected chi connectivity index (χ0v) is 15.6. The third-order valence-electron chi connectivity index (χ3n) is 6.37. The van der Waals surface area contributed by atoms with E-state index in [1.807, 2.05) is 4.90 Å². The molecule has 7 heteroatoms. The molecular weight excluding hydrogens is 357 g/mol. The minimum absolute atomic E-state index is 0.109. The fraction of sp³-hybridized carbons (Fsp3) is 0.650. The molecule has 3 aliphatic heterocycles. The van der Waals surface area contributed by atoms with Crippen LogP contribution in [-0.2, 0) is 15.7 Å². The molecule has 0 aromatic heterocycles. The van der Waals surface area contributed by atoms with E-state index in [0.29, 0.717) is 38.5 Å². The first-order valence-electron chi connectivity index (χ1n) is 9.61. The lowest BCUT2D eigenvalue weighted by atomic mass is 9.79. The van der Waals surface area contributed by atoms with Gasteiger partial charge in [0, 0.05) is 37.5 Å². The van der Waals surface area contributed by atoms with Crippen molar-refractivity contribution >= 4 is 11.6 Å². The van der Waals surface area contributed by atoms with Gasteiger partial charge in [-0.3, -0.25) is 4.79 Å². The number of anilines is 1. The summed E-state index contributed by atoms with van der Waals surface area (Å²) in [7, 11) is 0. The van der Waals surface area contributed by atoms with Crippen molar-refractivity contribution in [2.24, 2.45) is 11.8 Å². The van der Waals surface area contributed by atoms with Gasteiger partial charge >= 0.3 is 6.18 Å². The average molecular weight is 382 g/mol. The van der Waals surface area contributed by atoms with Gasteiger partial charge in [-0.05, 0) is 36.6 Å². The van der Waals surface area contributed by atoms with Crippen LogP contribution in [0.4, 0.5) is 18.9 Å². The molecule has 27 heavy (non-hydrogen) atoms. The van der Waals surface area contributed by atoms with E-state index in [0.717, 1.165) is 24.2 Å². The highest BCUT2D eigenvalue weighted by atomic mass is 19.4. The molecule has 148 valence electrons. The van der Waals surface area contributed by atoms with Crippen molar-refractivity contribution in [3.8, 4) is 0 Å². The van der Waals surface area contributed by atoms with Crippen molar-refractivity contribution in [1.29, 1.82) is 0 Å². The Kier molecular flexibility index (Phi) is 4.41. The summed E-state index contributed by atoms with van der Waals surface area (Å²) in [6, 6.07) is 5.46. The van der Waals surface area contributed by atoms with Crippen molar-refractivity contribution in [2.75, 3.05) is 24.6 Å². The Labute approximate surface area is 157 Å². The molecule has 0 radical (unpaired) electrons. The van der Waals surface area contributed by atoms with Gasteiger partial charge in [0.1, 0.15) is 5.72 Å². The summed E-state index contributed by atoms with van der Waals surface area (Å²) in [5.74, 6) is 0.681. The Bertz CT molecular complexity index is 719. The molecule has 3 aliphatic rings. The number of carbonyl (C=O) groups excluding carboxylic acids is 1. The van der Waals surface area contributed by atoms with E-state index in [9.17, 15) is 18.0 Å². The number of alkyl halides is 3. The van der Waals surface area contributed by atoms with Gasteiger partial charge in [0.05, 0.1) is 18.2 Å². The standard InChI is InChI=1S/C20H25F3N2O2/c1-13(2)17-12-27-19-9-10-24(11-15(19)5-8-18(26)25(17)19)16-6-3-14(4-7-16)20(21,22)23/h3-4,6-7,13,15,17H,5,8-12H2,1-2H3. The molecule has 1 spiro atoms. The second kappa shape index (κ2) is 6.40. The maximum atomic E-state index is 12.8. The largest absolute Gasteiger partial charge is 0.416 e. The molecule has 1 aromatic rings. The van der Waals surface area contributed by atoms with E-state index in [1.165, 1.54) is 0 Å². The number of carbonyl (C=O) groups is 1. The minimum Gasteiger partial charge on any atom is -0.371 e. The van der Waals surface area contributed by atoms with Crippen molar-refractivity contribution in [3.63, 3.8) is 0 Å². The number of hydrogen-bond acceptors (Lipinski definition) is 3. The summed E-state index contributed by atoms with van der Waals surface area (Å²) in [6.07, 6.45) is -2.36. The van der Waals surface area contributed by atoms with Gasteiger partial charge < -0.3 is 14.5 Å². The fourth-order valence-corrected chi connectivity index (χ4v) is 4.88. The first-order valence-corrected chi connectivity index (χ1v) is 9.61. The van der Waals surface area contributed by atoms with Crippen LogP contribution >= 0.6 is 0 Å². The summed E-state index contributed by atoms with van der Waals surface area (Å²) >= 11 is 0. The molecule has 3 heterocycles. The van der Waals surface area contributed by atoms with Crippen LogP contribution < -0.4 is 4.90 Å². The number of nitrogens with zero attached hydrogens (tertiary/aromatic N) is 2. The molecule has 3 fully saturated rings. The molecule has 0 bridgehead atoms. The van der Waals surface area contributed by atoms with Gasteiger partial charge in [0.15, 0.2) is 0 Å². The van der Waals surface area contributed by atoms with Gasteiger partial charge in [-0.1, -0.05) is 13.8 Å². The van der Waals surface area contributed by atoms with Crippen LogP contribution in [-0.4, -0.2) is 42.3 Å². The molecule has 4 nitrogen and oxygen atoms in total. The van der Waals surface area contributed by atoms with Crippen molar-refractivity contribution in [2.45, 2.75) is 51.1 Å². The maximum Gasteiger partial charge on any atom is 0.416 e. The summed E-state index contributed by atoms with van der Waals surface area (Å²) in [5.41, 5.74) is -0.375. The number of ether oxygens (including phenoxy) is 1. The highest BCUT2D eigenvalue weighted by Crippen LogP contribution is 2.48. The maximum absolute atomic E-state index is 12.8. The van der Waals surface area contributed by atoms with Gasteiger partial charge in [0.25, 0.3) is 0 Å². The molecule has 0 saturated carbocycles. The number of benzene rings is 1. The third-order valence-corrected chi connectivity index (χ3v) is 6.37. The molecule has 0 N–H and O–H groups in total. The van der Waals surface area contributed by atoms with Gasteiger partial charge in [0.2, 0.25) is 5.91 Å². The average Bonchev–Trinajstić information content (AvgIpc) is 3.02. The molecule has 3 unspecified atom stereocenters. The van der Waals surface area contributed by atoms with Crippen LogP contribution in [0.5, 0.6) is 0 Å². The molecule has 1 aromatic carbocycles. The highest BCUT2D eigenvalue weighted by Gasteiger charge is 2.59. The smallest absolute Gasteiger partial charge is 0.371 e. The number of halogens is 3. The Morgan fingerprint density at radius 1 is 1.22 bits per heavy atom. The highest BCUT2D eigenvalue weighted by molar-refractivity contribution is 5.79. The van der Waals surface area contributed by atoms with E-state index in [1.54, 1.807) is 12.1 Å². The normalized spacial score (nSPS) is 31.3. The molecule has 0 aliphatic carbocycles.